The predicted molar refractivity (Wildman–Crippen MR) is 59.9 cm³/mol. The van der Waals surface area contributed by atoms with Crippen LogP contribution in [0.3, 0.4) is 0 Å². The molecule has 1 N–H and O–H groups in total. The Kier molecular flexibility index (Phi) is 2.07. The van der Waals surface area contributed by atoms with E-state index in [0.717, 1.165) is 0 Å². The summed E-state index contributed by atoms with van der Waals surface area (Å²) >= 11 is 0.222. The Morgan fingerprint density at radius 1 is 1.15 bits per heavy atom. The van der Waals surface area contributed by atoms with Gasteiger partial charge in [-0.3, -0.25) is 0 Å². The first-order chi connectivity index (χ1) is 6.07. The van der Waals surface area contributed by atoms with Crippen molar-refractivity contribution in [2.45, 2.75) is 20.8 Å². The Bertz CT molecular complexity index is 361. The standard InChI is InChI=1S/C11H14AsN/c1-11(2,3)10-12-8-6-4-5-7-9(8)13-10/h4-7,13H,1-3H3. The van der Waals surface area contributed by atoms with E-state index in [1.54, 1.807) is 0 Å². The molecule has 0 saturated heterocycles. The minimum atomic E-state index is 0.222. The van der Waals surface area contributed by atoms with Crippen molar-refractivity contribution in [2.75, 3.05) is 5.32 Å². The van der Waals surface area contributed by atoms with E-state index < -0.39 is 0 Å². The average Bonchev–Trinajstić information content (AvgIpc) is 2.45. The molecule has 0 spiro atoms. The van der Waals surface area contributed by atoms with Crippen LogP contribution in [-0.4, -0.2) is 19.7 Å². The van der Waals surface area contributed by atoms with Crippen molar-refractivity contribution in [2.24, 2.45) is 5.41 Å². The maximum absolute atomic E-state index is 3.53. The Labute approximate surface area is 85.8 Å². The van der Waals surface area contributed by atoms with E-state index in [-0.39, 0.29) is 15.3 Å². The second-order valence-corrected chi connectivity index (χ2v) is 6.77. The van der Waals surface area contributed by atoms with Crippen LogP contribution in [0.2, 0.25) is 0 Å². The van der Waals surface area contributed by atoms with Crippen molar-refractivity contribution < 1.29 is 0 Å². The summed E-state index contributed by atoms with van der Waals surface area (Å²) in [5.41, 5.74) is 1.63. The van der Waals surface area contributed by atoms with Gasteiger partial charge in [0.1, 0.15) is 0 Å². The molecule has 0 fully saturated rings. The molecule has 0 amide bonds. The molecule has 0 aliphatic carbocycles. The summed E-state index contributed by atoms with van der Waals surface area (Å²) in [6.45, 7) is 6.82. The molecular formula is C11H14AsN. The second kappa shape index (κ2) is 2.99. The van der Waals surface area contributed by atoms with E-state index in [1.807, 2.05) is 0 Å². The van der Waals surface area contributed by atoms with Gasteiger partial charge in [0.15, 0.2) is 0 Å². The van der Waals surface area contributed by atoms with Crippen molar-refractivity contribution in [3.8, 4) is 0 Å². The Morgan fingerprint density at radius 2 is 1.85 bits per heavy atom. The molecule has 0 unspecified atom stereocenters. The Balaban J connectivity index is 2.37. The zero-order chi connectivity index (χ0) is 9.47. The number of rotatable bonds is 0. The molecule has 0 aromatic heterocycles. The number of hydrogen-bond donors (Lipinski definition) is 1. The molecule has 1 heterocycles. The summed E-state index contributed by atoms with van der Waals surface area (Å²) < 4.78 is 3.04. The van der Waals surface area contributed by atoms with E-state index in [1.165, 1.54) is 14.5 Å². The third kappa shape index (κ3) is 1.71. The van der Waals surface area contributed by atoms with Crippen LogP contribution in [0.15, 0.2) is 24.3 Å². The first-order valence-electron chi connectivity index (χ1n) is 4.52. The van der Waals surface area contributed by atoms with E-state index in [9.17, 15) is 0 Å². The van der Waals surface area contributed by atoms with Crippen LogP contribution < -0.4 is 9.67 Å². The fourth-order valence-electron chi connectivity index (χ4n) is 1.31. The van der Waals surface area contributed by atoms with Gasteiger partial charge in [-0.2, -0.15) is 0 Å². The van der Waals surface area contributed by atoms with Crippen molar-refractivity contribution in [1.82, 2.24) is 0 Å². The van der Waals surface area contributed by atoms with Gasteiger partial charge >= 0.3 is 85.5 Å². The number of para-hydroxylation sites is 1. The molecule has 2 heteroatoms. The zero-order valence-electron chi connectivity index (χ0n) is 8.26. The summed E-state index contributed by atoms with van der Waals surface area (Å²) in [6.07, 6.45) is 0. The van der Waals surface area contributed by atoms with Gasteiger partial charge in [0.2, 0.25) is 0 Å². The number of fused-ring (bicyclic) bond motifs is 1. The monoisotopic (exact) mass is 235 g/mol. The first kappa shape index (κ1) is 9.02. The third-order valence-electron chi connectivity index (χ3n) is 2.10. The van der Waals surface area contributed by atoms with Crippen LogP contribution >= 0.6 is 0 Å². The summed E-state index contributed by atoms with van der Waals surface area (Å²) in [7, 11) is 0. The molecule has 0 atom stereocenters. The number of hydrogen-bond acceptors (Lipinski definition) is 1. The van der Waals surface area contributed by atoms with Gasteiger partial charge in [0, 0.05) is 0 Å². The molecular weight excluding hydrogens is 221 g/mol. The van der Waals surface area contributed by atoms with Crippen molar-refractivity contribution >= 4 is 29.8 Å². The van der Waals surface area contributed by atoms with Crippen molar-refractivity contribution in [1.29, 1.82) is 0 Å². The van der Waals surface area contributed by atoms with Gasteiger partial charge in [-0.25, -0.2) is 0 Å². The van der Waals surface area contributed by atoms with E-state index >= 15 is 0 Å². The Hall–Kier alpha value is -0.552. The summed E-state index contributed by atoms with van der Waals surface area (Å²) in [6, 6.07) is 8.63. The normalized spacial score (nSPS) is 16.1. The fraction of sp³-hybridized carbons (Fsp3) is 0.364. The molecule has 0 bridgehead atoms. The van der Waals surface area contributed by atoms with Crippen LogP contribution in [0.1, 0.15) is 20.8 Å². The van der Waals surface area contributed by atoms with Crippen molar-refractivity contribution in [3.63, 3.8) is 0 Å². The SMILES string of the molecule is CC(C)(C)C1=[As]c2ccccc2N1. The van der Waals surface area contributed by atoms with Gasteiger partial charge in [-0.1, -0.05) is 0 Å². The minimum absolute atomic E-state index is 0.222. The third-order valence-corrected chi connectivity index (χ3v) is 5.53. The van der Waals surface area contributed by atoms with Gasteiger partial charge in [-0.05, 0) is 0 Å². The Morgan fingerprint density at radius 3 is 2.46 bits per heavy atom. The van der Waals surface area contributed by atoms with Crippen molar-refractivity contribution in [3.05, 3.63) is 24.3 Å². The summed E-state index contributed by atoms with van der Waals surface area (Å²) in [5.74, 6) is 0. The molecule has 68 valence electrons. The molecule has 1 aromatic rings. The van der Waals surface area contributed by atoms with Crippen LogP contribution in [-0.2, 0) is 0 Å². The molecule has 0 radical (unpaired) electrons. The van der Waals surface area contributed by atoms with E-state index in [0.29, 0.717) is 5.41 Å². The fourth-order valence-corrected chi connectivity index (χ4v) is 3.75. The molecule has 1 aliphatic heterocycles. The first-order valence-corrected chi connectivity index (χ1v) is 6.40. The van der Waals surface area contributed by atoms with Crippen LogP contribution in [0.25, 0.3) is 0 Å². The van der Waals surface area contributed by atoms with Gasteiger partial charge < -0.3 is 0 Å². The topological polar surface area (TPSA) is 12.0 Å². The van der Waals surface area contributed by atoms with Gasteiger partial charge in [-0.15, -0.1) is 0 Å². The van der Waals surface area contributed by atoms with Crippen LogP contribution in [0, 0.1) is 5.41 Å². The molecule has 13 heavy (non-hydrogen) atoms. The number of nitrogens with one attached hydrogen (secondary N) is 1. The van der Waals surface area contributed by atoms with E-state index in [4.69, 9.17) is 0 Å². The molecule has 0 saturated carbocycles. The molecule has 2 rings (SSSR count). The molecule has 1 aromatic carbocycles. The van der Waals surface area contributed by atoms with Crippen LogP contribution in [0.5, 0.6) is 0 Å². The van der Waals surface area contributed by atoms with E-state index in [2.05, 4.69) is 50.4 Å². The maximum atomic E-state index is 3.53. The zero-order valence-corrected chi connectivity index (χ0v) is 10.1. The van der Waals surface area contributed by atoms with Crippen LogP contribution in [0.4, 0.5) is 5.69 Å². The second-order valence-electron chi connectivity index (χ2n) is 4.35. The predicted octanol–water partition coefficient (Wildman–Crippen LogP) is 1.62. The molecule has 1 aliphatic rings. The number of anilines is 1. The average molecular weight is 235 g/mol. The quantitative estimate of drug-likeness (QED) is 0.674. The van der Waals surface area contributed by atoms with Gasteiger partial charge in [0.05, 0.1) is 0 Å². The summed E-state index contributed by atoms with van der Waals surface area (Å²) in [5, 5.41) is 3.53. The molecule has 1 nitrogen and oxygen atoms in total. The van der Waals surface area contributed by atoms with Gasteiger partial charge in [0.25, 0.3) is 0 Å². The number of benzene rings is 1. The summed E-state index contributed by atoms with van der Waals surface area (Å²) in [4.78, 5) is 0.